The third-order valence-electron chi connectivity index (χ3n) is 2.25. The number of aromatic amines is 1. The van der Waals surface area contributed by atoms with Crippen molar-refractivity contribution >= 4 is 16.8 Å². The first kappa shape index (κ1) is 9.71. The molecule has 1 amide bonds. The summed E-state index contributed by atoms with van der Waals surface area (Å²) in [6, 6.07) is 6.26. The Morgan fingerprint density at radius 2 is 2.13 bits per heavy atom. The van der Waals surface area contributed by atoms with Gasteiger partial charge in [-0.3, -0.25) is 4.79 Å². The molecule has 0 aliphatic rings. The van der Waals surface area contributed by atoms with Gasteiger partial charge in [-0.15, -0.1) is 0 Å². The monoisotopic (exact) mass is 206 g/mol. The SMILES string of the molecule is CN(C)C(=O)c1cc2c(F)cccc2[nH]1. The van der Waals surface area contributed by atoms with E-state index in [1.54, 1.807) is 26.2 Å². The maximum atomic E-state index is 13.3. The number of fused-ring (bicyclic) bond motifs is 1. The molecule has 3 nitrogen and oxygen atoms in total. The van der Waals surface area contributed by atoms with E-state index in [4.69, 9.17) is 0 Å². The molecule has 0 fully saturated rings. The van der Waals surface area contributed by atoms with Crippen molar-refractivity contribution in [1.82, 2.24) is 9.88 Å². The minimum atomic E-state index is -0.318. The summed E-state index contributed by atoms with van der Waals surface area (Å²) in [5.74, 6) is -0.479. The molecule has 1 heterocycles. The Bertz CT molecular complexity index is 516. The van der Waals surface area contributed by atoms with Crippen LogP contribution in [0.5, 0.6) is 0 Å². The van der Waals surface area contributed by atoms with E-state index in [1.165, 1.54) is 17.0 Å². The Labute approximate surface area is 86.5 Å². The third-order valence-corrected chi connectivity index (χ3v) is 2.25. The van der Waals surface area contributed by atoms with Crippen molar-refractivity contribution in [1.29, 1.82) is 0 Å². The first-order valence-corrected chi connectivity index (χ1v) is 4.58. The van der Waals surface area contributed by atoms with Crippen molar-refractivity contribution in [3.05, 3.63) is 35.8 Å². The van der Waals surface area contributed by atoms with Gasteiger partial charge >= 0.3 is 0 Å². The number of nitrogens with one attached hydrogen (secondary N) is 1. The van der Waals surface area contributed by atoms with Gasteiger partial charge in [0.1, 0.15) is 11.5 Å². The molecule has 0 saturated carbocycles. The van der Waals surface area contributed by atoms with Crippen molar-refractivity contribution in [2.45, 2.75) is 0 Å². The molecule has 1 aromatic heterocycles. The summed E-state index contributed by atoms with van der Waals surface area (Å²) in [6.07, 6.45) is 0. The van der Waals surface area contributed by atoms with Crippen molar-refractivity contribution in [2.24, 2.45) is 0 Å². The van der Waals surface area contributed by atoms with Gasteiger partial charge in [-0.1, -0.05) is 6.07 Å². The van der Waals surface area contributed by atoms with Crippen LogP contribution in [0.15, 0.2) is 24.3 Å². The Hall–Kier alpha value is -1.84. The zero-order chi connectivity index (χ0) is 11.0. The molecule has 0 aliphatic heterocycles. The summed E-state index contributed by atoms with van der Waals surface area (Å²) in [5, 5.41) is 0.447. The summed E-state index contributed by atoms with van der Waals surface area (Å²) >= 11 is 0. The van der Waals surface area contributed by atoms with Crippen LogP contribution < -0.4 is 0 Å². The zero-order valence-corrected chi connectivity index (χ0v) is 8.54. The smallest absolute Gasteiger partial charge is 0.269 e. The number of halogens is 1. The van der Waals surface area contributed by atoms with Gasteiger partial charge in [0, 0.05) is 25.0 Å². The van der Waals surface area contributed by atoms with E-state index < -0.39 is 0 Å². The second-order valence-corrected chi connectivity index (χ2v) is 3.58. The van der Waals surface area contributed by atoms with Crippen LogP contribution in [0.4, 0.5) is 4.39 Å². The van der Waals surface area contributed by atoms with Gasteiger partial charge in [0.15, 0.2) is 0 Å². The fraction of sp³-hybridized carbons (Fsp3) is 0.182. The largest absolute Gasteiger partial charge is 0.350 e. The summed E-state index contributed by atoms with van der Waals surface area (Å²) in [4.78, 5) is 15.9. The molecule has 2 rings (SSSR count). The number of rotatable bonds is 1. The molecule has 0 bridgehead atoms. The predicted molar refractivity (Wildman–Crippen MR) is 56.3 cm³/mol. The molecular formula is C11H11FN2O. The van der Waals surface area contributed by atoms with Gasteiger partial charge in [0.25, 0.3) is 5.91 Å². The molecule has 0 atom stereocenters. The fourth-order valence-corrected chi connectivity index (χ4v) is 1.47. The highest BCUT2D eigenvalue weighted by molar-refractivity contribution is 5.97. The summed E-state index contributed by atoms with van der Waals surface area (Å²) in [7, 11) is 3.31. The van der Waals surface area contributed by atoms with Crippen LogP contribution in [0.1, 0.15) is 10.5 Å². The van der Waals surface area contributed by atoms with Gasteiger partial charge in [0.2, 0.25) is 0 Å². The van der Waals surface area contributed by atoms with Crippen LogP contribution in [-0.2, 0) is 0 Å². The molecule has 1 aromatic carbocycles. The van der Waals surface area contributed by atoms with Crippen LogP contribution in [0.25, 0.3) is 10.9 Å². The molecule has 78 valence electrons. The van der Waals surface area contributed by atoms with Crippen molar-refractivity contribution in [2.75, 3.05) is 14.1 Å². The van der Waals surface area contributed by atoms with E-state index in [0.717, 1.165) is 0 Å². The first-order chi connectivity index (χ1) is 7.09. The molecular weight excluding hydrogens is 195 g/mol. The van der Waals surface area contributed by atoms with E-state index in [2.05, 4.69) is 4.98 Å². The highest BCUT2D eigenvalue weighted by atomic mass is 19.1. The third kappa shape index (κ3) is 1.58. The lowest BCUT2D eigenvalue weighted by Gasteiger charge is -2.07. The van der Waals surface area contributed by atoms with E-state index in [9.17, 15) is 9.18 Å². The van der Waals surface area contributed by atoms with Crippen molar-refractivity contribution in [3.8, 4) is 0 Å². The quantitative estimate of drug-likeness (QED) is 0.761. The van der Waals surface area contributed by atoms with Crippen LogP contribution in [-0.4, -0.2) is 29.9 Å². The van der Waals surface area contributed by atoms with Crippen molar-refractivity contribution in [3.63, 3.8) is 0 Å². The van der Waals surface area contributed by atoms with E-state index in [1.807, 2.05) is 0 Å². The van der Waals surface area contributed by atoms with Crippen LogP contribution in [0.2, 0.25) is 0 Å². The number of H-pyrrole nitrogens is 1. The van der Waals surface area contributed by atoms with Gasteiger partial charge in [-0.05, 0) is 18.2 Å². The maximum absolute atomic E-state index is 13.3. The molecule has 0 radical (unpaired) electrons. The number of hydrogen-bond donors (Lipinski definition) is 1. The Morgan fingerprint density at radius 3 is 2.73 bits per heavy atom. The van der Waals surface area contributed by atoms with E-state index in [-0.39, 0.29) is 11.7 Å². The molecule has 15 heavy (non-hydrogen) atoms. The van der Waals surface area contributed by atoms with E-state index >= 15 is 0 Å². The van der Waals surface area contributed by atoms with Gasteiger partial charge < -0.3 is 9.88 Å². The number of hydrogen-bond acceptors (Lipinski definition) is 1. The number of carbonyl (C=O) groups excluding carboxylic acids is 1. The standard InChI is InChI=1S/C11H11FN2O/c1-14(2)11(15)10-6-7-8(12)4-3-5-9(7)13-10/h3-6,13H,1-2H3. The molecule has 4 heteroatoms. The van der Waals surface area contributed by atoms with Crippen molar-refractivity contribution < 1.29 is 9.18 Å². The molecule has 0 spiro atoms. The minimum absolute atomic E-state index is 0.161. The molecule has 0 aliphatic carbocycles. The second-order valence-electron chi connectivity index (χ2n) is 3.58. The molecule has 0 unspecified atom stereocenters. The number of nitrogens with zero attached hydrogens (tertiary/aromatic N) is 1. The lowest BCUT2D eigenvalue weighted by Crippen LogP contribution is -2.21. The lowest BCUT2D eigenvalue weighted by molar-refractivity contribution is 0.0823. The lowest BCUT2D eigenvalue weighted by atomic mass is 10.2. The second kappa shape index (κ2) is 3.38. The number of aromatic nitrogens is 1. The first-order valence-electron chi connectivity index (χ1n) is 4.58. The van der Waals surface area contributed by atoms with E-state index in [0.29, 0.717) is 16.6 Å². The maximum Gasteiger partial charge on any atom is 0.269 e. The summed E-state index contributed by atoms with van der Waals surface area (Å²) in [6.45, 7) is 0. The van der Waals surface area contributed by atoms with Gasteiger partial charge in [-0.2, -0.15) is 0 Å². The Kier molecular flexibility index (Phi) is 2.19. The zero-order valence-electron chi connectivity index (χ0n) is 8.54. The Balaban J connectivity index is 2.57. The van der Waals surface area contributed by atoms with Crippen LogP contribution >= 0.6 is 0 Å². The topological polar surface area (TPSA) is 36.1 Å². The number of carbonyl (C=O) groups is 1. The molecule has 2 aromatic rings. The fourth-order valence-electron chi connectivity index (χ4n) is 1.47. The highest BCUT2D eigenvalue weighted by Crippen LogP contribution is 2.18. The van der Waals surface area contributed by atoms with Gasteiger partial charge in [0.05, 0.1) is 0 Å². The van der Waals surface area contributed by atoms with Crippen LogP contribution in [0, 0.1) is 5.82 Å². The minimum Gasteiger partial charge on any atom is -0.350 e. The number of amides is 1. The molecule has 1 N–H and O–H groups in total. The van der Waals surface area contributed by atoms with Gasteiger partial charge in [-0.25, -0.2) is 4.39 Å². The highest BCUT2D eigenvalue weighted by Gasteiger charge is 2.12. The number of benzene rings is 1. The van der Waals surface area contributed by atoms with Crippen LogP contribution in [0.3, 0.4) is 0 Å². The average Bonchev–Trinajstić information content (AvgIpc) is 2.61. The normalized spacial score (nSPS) is 10.6. The summed E-state index contributed by atoms with van der Waals surface area (Å²) in [5.41, 5.74) is 1.04. The average molecular weight is 206 g/mol. The predicted octanol–water partition coefficient (Wildman–Crippen LogP) is 2.01. The molecule has 0 saturated heterocycles. The Morgan fingerprint density at radius 1 is 1.40 bits per heavy atom. The summed E-state index contributed by atoms with van der Waals surface area (Å²) < 4.78 is 13.3.